The maximum absolute atomic E-state index is 9.70. The molecule has 0 amide bonds. The molecular formula is C18H22O3. The molecule has 0 aliphatic rings. The van der Waals surface area contributed by atoms with Gasteiger partial charge in [0.15, 0.2) is 0 Å². The minimum atomic E-state index is -0.502. The van der Waals surface area contributed by atoms with Gasteiger partial charge in [-0.05, 0) is 42.7 Å². The van der Waals surface area contributed by atoms with Crippen molar-refractivity contribution in [1.82, 2.24) is 0 Å². The molecule has 0 fully saturated rings. The van der Waals surface area contributed by atoms with Crippen LogP contribution in [0.5, 0.6) is 11.5 Å². The number of rotatable bonds is 6. The largest absolute Gasteiger partial charge is 0.496 e. The number of para-hydroxylation sites is 1. The lowest BCUT2D eigenvalue weighted by molar-refractivity contribution is 0.198. The summed E-state index contributed by atoms with van der Waals surface area (Å²) in [5.74, 6) is 1.66. The number of hydrogen-bond donors (Lipinski definition) is 1. The van der Waals surface area contributed by atoms with Crippen molar-refractivity contribution < 1.29 is 14.6 Å². The molecule has 0 aliphatic heterocycles. The van der Waals surface area contributed by atoms with Crippen LogP contribution < -0.4 is 9.47 Å². The van der Waals surface area contributed by atoms with E-state index in [9.17, 15) is 5.11 Å². The zero-order valence-corrected chi connectivity index (χ0v) is 12.8. The fourth-order valence-electron chi connectivity index (χ4n) is 2.26. The number of aliphatic hydroxyl groups is 1. The van der Waals surface area contributed by atoms with Gasteiger partial charge in [0, 0.05) is 5.56 Å². The Morgan fingerprint density at radius 3 is 2.48 bits per heavy atom. The summed E-state index contributed by atoms with van der Waals surface area (Å²) >= 11 is 0. The summed E-state index contributed by atoms with van der Waals surface area (Å²) in [5, 5.41) is 9.70. The average molecular weight is 286 g/mol. The summed E-state index contributed by atoms with van der Waals surface area (Å²) in [6.07, 6.45) is 0.429. The molecule has 0 saturated carbocycles. The fourth-order valence-corrected chi connectivity index (χ4v) is 2.26. The van der Waals surface area contributed by atoms with E-state index < -0.39 is 6.10 Å². The molecule has 3 nitrogen and oxygen atoms in total. The third-order valence-corrected chi connectivity index (χ3v) is 3.52. The molecule has 3 heteroatoms. The molecular weight excluding hydrogens is 264 g/mol. The summed E-state index contributed by atoms with van der Waals surface area (Å²) in [7, 11) is 1.64. The smallest absolute Gasteiger partial charge is 0.125 e. The second-order valence-corrected chi connectivity index (χ2v) is 5.00. The first-order chi connectivity index (χ1) is 10.2. The Bertz CT molecular complexity index is 591. The Morgan fingerprint density at radius 2 is 1.81 bits per heavy atom. The van der Waals surface area contributed by atoms with Crippen molar-refractivity contribution in [2.75, 3.05) is 7.11 Å². The van der Waals surface area contributed by atoms with Crippen LogP contribution in [0.25, 0.3) is 0 Å². The second kappa shape index (κ2) is 7.14. The SMILES string of the molecule is CCc1ccccc1OCc1cc(C(C)O)ccc1OC. The van der Waals surface area contributed by atoms with Crippen LogP contribution in [0.2, 0.25) is 0 Å². The van der Waals surface area contributed by atoms with Gasteiger partial charge in [-0.1, -0.05) is 31.2 Å². The molecule has 112 valence electrons. The molecule has 2 aromatic rings. The highest BCUT2D eigenvalue weighted by Crippen LogP contribution is 2.26. The molecule has 0 radical (unpaired) electrons. The van der Waals surface area contributed by atoms with Gasteiger partial charge >= 0.3 is 0 Å². The monoisotopic (exact) mass is 286 g/mol. The van der Waals surface area contributed by atoms with Crippen molar-refractivity contribution in [3.05, 3.63) is 59.2 Å². The lowest BCUT2D eigenvalue weighted by atomic mass is 10.1. The summed E-state index contributed by atoms with van der Waals surface area (Å²) in [4.78, 5) is 0. The Labute approximate surface area is 126 Å². The molecule has 1 atom stereocenters. The van der Waals surface area contributed by atoms with Gasteiger partial charge in [-0.2, -0.15) is 0 Å². The minimum Gasteiger partial charge on any atom is -0.496 e. The minimum absolute atomic E-state index is 0.417. The first-order valence-corrected chi connectivity index (χ1v) is 7.21. The standard InChI is InChI=1S/C18H22O3/c1-4-14-7-5-6-8-18(14)21-12-16-11-15(13(2)19)9-10-17(16)20-3/h5-11,13,19H,4,12H2,1-3H3. The van der Waals surface area contributed by atoms with E-state index in [1.807, 2.05) is 36.4 Å². The van der Waals surface area contributed by atoms with Crippen molar-refractivity contribution in [3.63, 3.8) is 0 Å². The molecule has 0 bridgehead atoms. The van der Waals surface area contributed by atoms with Crippen LogP contribution >= 0.6 is 0 Å². The third-order valence-electron chi connectivity index (χ3n) is 3.52. The number of benzene rings is 2. The van der Waals surface area contributed by atoms with E-state index in [1.54, 1.807) is 14.0 Å². The molecule has 0 heterocycles. The quantitative estimate of drug-likeness (QED) is 0.875. The maximum Gasteiger partial charge on any atom is 0.125 e. The van der Waals surface area contributed by atoms with Gasteiger partial charge in [0.05, 0.1) is 13.2 Å². The van der Waals surface area contributed by atoms with Gasteiger partial charge in [0.25, 0.3) is 0 Å². The lowest BCUT2D eigenvalue weighted by Gasteiger charge is -2.14. The number of aryl methyl sites for hydroxylation is 1. The van der Waals surface area contributed by atoms with Crippen molar-refractivity contribution in [2.45, 2.75) is 33.0 Å². The first kappa shape index (κ1) is 15.4. The van der Waals surface area contributed by atoms with E-state index in [0.29, 0.717) is 6.61 Å². The van der Waals surface area contributed by atoms with Crippen LogP contribution in [0.1, 0.15) is 36.6 Å². The van der Waals surface area contributed by atoms with Crippen LogP contribution in [-0.2, 0) is 13.0 Å². The van der Waals surface area contributed by atoms with E-state index in [0.717, 1.165) is 29.0 Å². The molecule has 1 N–H and O–H groups in total. The number of ether oxygens (including phenoxy) is 2. The molecule has 1 unspecified atom stereocenters. The summed E-state index contributed by atoms with van der Waals surface area (Å²) in [6, 6.07) is 13.7. The number of hydrogen-bond acceptors (Lipinski definition) is 3. The average Bonchev–Trinajstić information content (AvgIpc) is 2.52. The second-order valence-electron chi connectivity index (χ2n) is 5.00. The molecule has 0 saturated heterocycles. The van der Waals surface area contributed by atoms with E-state index in [4.69, 9.17) is 9.47 Å². The summed E-state index contributed by atoms with van der Waals surface area (Å²) < 4.78 is 11.3. The molecule has 0 spiro atoms. The van der Waals surface area contributed by atoms with Crippen molar-refractivity contribution >= 4 is 0 Å². The predicted octanol–water partition coefficient (Wildman–Crippen LogP) is 3.89. The van der Waals surface area contributed by atoms with Gasteiger partial charge < -0.3 is 14.6 Å². The van der Waals surface area contributed by atoms with Gasteiger partial charge in [-0.15, -0.1) is 0 Å². The van der Waals surface area contributed by atoms with E-state index in [2.05, 4.69) is 13.0 Å². The van der Waals surface area contributed by atoms with E-state index in [-0.39, 0.29) is 0 Å². The van der Waals surface area contributed by atoms with Gasteiger partial charge in [0.1, 0.15) is 18.1 Å². The van der Waals surface area contributed by atoms with E-state index in [1.165, 1.54) is 5.56 Å². The van der Waals surface area contributed by atoms with Gasteiger partial charge in [-0.3, -0.25) is 0 Å². The van der Waals surface area contributed by atoms with E-state index >= 15 is 0 Å². The Morgan fingerprint density at radius 1 is 1.05 bits per heavy atom. The Balaban J connectivity index is 2.20. The van der Waals surface area contributed by atoms with Crippen LogP contribution in [0.15, 0.2) is 42.5 Å². The fraction of sp³-hybridized carbons (Fsp3) is 0.333. The van der Waals surface area contributed by atoms with Crippen LogP contribution in [-0.4, -0.2) is 12.2 Å². The Kier molecular flexibility index (Phi) is 5.23. The molecule has 0 aromatic heterocycles. The first-order valence-electron chi connectivity index (χ1n) is 7.21. The number of methoxy groups -OCH3 is 1. The Hall–Kier alpha value is -2.00. The van der Waals surface area contributed by atoms with Crippen molar-refractivity contribution in [2.24, 2.45) is 0 Å². The highest BCUT2D eigenvalue weighted by atomic mass is 16.5. The van der Waals surface area contributed by atoms with Crippen molar-refractivity contribution in [1.29, 1.82) is 0 Å². The molecule has 0 aliphatic carbocycles. The zero-order chi connectivity index (χ0) is 15.2. The van der Waals surface area contributed by atoms with Gasteiger partial charge in [-0.25, -0.2) is 0 Å². The highest BCUT2D eigenvalue weighted by molar-refractivity contribution is 5.39. The van der Waals surface area contributed by atoms with Gasteiger partial charge in [0.2, 0.25) is 0 Å². The zero-order valence-electron chi connectivity index (χ0n) is 12.8. The van der Waals surface area contributed by atoms with Crippen LogP contribution in [0.3, 0.4) is 0 Å². The molecule has 2 rings (SSSR count). The predicted molar refractivity (Wildman–Crippen MR) is 83.8 cm³/mol. The third kappa shape index (κ3) is 3.76. The summed E-state index contributed by atoms with van der Waals surface area (Å²) in [6.45, 7) is 4.27. The lowest BCUT2D eigenvalue weighted by Crippen LogP contribution is -2.02. The molecule has 2 aromatic carbocycles. The van der Waals surface area contributed by atoms with Crippen LogP contribution in [0, 0.1) is 0 Å². The normalized spacial score (nSPS) is 12.0. The van der Waals surface area contributed by atoms with Crippen LogP contribution in [0.4, 0.5) is 0 Å². The summed E-state index contributed by atoms with van der Waals surface area (Å²) in [5.41, 5.74) is 2.98. The maximum atomic E-state index is 9.70. The van der Waals surface area contributed by atoms with Crippen molar-refractivity contribution in [3.8, 4) is 11.5 Å². The highest BCUT2D eigenvalue weighted by Gasteiger charge is 2.09. The topological polar surface area (TPSA) is 38.7 Å². The molecule has 21 heavy (non-hydrogen) atoms. The number of aliphatic hydroxyl groups excluding tert-OH is 1.